The lowest BCUT2D eigenvalue weighted by Crippen LogP contribution is -2.46. The summed E-state index contributed by atoms with van der Waals surface area (Å²) >= 11 is 1.18. The smallest absolute Gasteiger partial charge is 0.308 e. The van der Waals surface area contributed by atoms with Crippen LogP contribution in [0.2, 0.25) is 0 Å². The molecule has 2 N–H and O–H groups in total. The molecule has 1 heterocycles. The summed E-state index contributed by atoms with van der Waals surface area (Å²) in [7, 11) is 3.06. The largest absolute Gasteiger partial charge is 0.469 e. The minimum Gasteiger partial charge on any atom is -0.469 e. The van der Waals surface area contributed by atoms with Gasteiger partial charge in [-0.05, 0) is 51.0 Å². The van der Waals surface area contributed by atoms with Gasteiger partial charge >= 0.3 is 11.9 Å². The van der Waals surface area contributed by atoms with Crippen molar-refractivity contribution in [3.63, 3.8) is 0 Å². The lowest BCUT2D eigenvalue weighted by Gasteiger charge is -2.36. The second kappa shape index (κ2) is 18.3. The number of thiazole rings is 1. The molecule has 2 aromatic rings. The van der Waals surface area contributed by atoms with Crippen LogP contribution in [0.15, 0.2) is 35.7 Å². The van der Waals surface area contributed by atoms with Crippen molar-refractivity contribution in [1.82, 2.24) is 15.2 Å². The van der Waals surface area contributed by atoms with Crippen LogP contribution in [0.25, 0.3) is 0 Å². The van der Waals surface area contributed by atoms with Crippen LogP contribution in [0, 0.1) is 23.7 Å². The molecule has 11 heteroatoms. The minimum absolute atomic E-state index is 0.00372. The summed E-state index contributed by atoms with van der Waals surface area (Å²) in [6.07, 6.45) is 0.805. The number of hydrogen-bond donors (Lipinski definition) is 2. The zero-order valence-corrected chi connectivity index (χ0v) is 30.6. The van der Waals surface area contributed by atoms with Gasteiger partial charge in [0.05, 0.1) is 25.4 Å². The Morgan fingerprint density at radius 1 is 1.04 bits per heavy atom. The maximum absolute atomic E-state index is 13.8. The van der Waals surface area contributed by atoms with Crippen molar-refractivity contribution >= 4 is 35.1 Å². The van der Waals surface area contributed by atoms with Crippen molar-refractivity contribution in [2.24, 2.45) is 23.7 Å². The van der Waals surface area contributed by atoms with Crippen LogP contribution < -0.4 is 5.32 Å². The first kappa shape index (κ1) is 39.9. The van der Waals surface area contributed by atoms with Gasteiger partial charge in [-0.3, -0.25) is 19.2 Å². The fraction of sp³-hybridized carbons (Fsp3) is 0.639. The Hall–Kier alpha value is -3.31. The summed E-state index contributed by atoms with van der Waals surface area (Å²) in [5.74, 6) is -2.35. The van der Waals surface area contributed by atoms with E-state index < -0.39 is 35.4 Å². The molecule has 1 aromatic heterocycles. The molecular weight excluding hydrogens is 618 g/mol. The van der Waals surface area contributed by atoms with Gasteiger partial charge in [0.15, 0.2) is 0 Å². The molecule has 0 aliphatic rings. The summed E-state index contributed by atoms with van der Waals surface area (Å²) in [6, 6.07) is 9.00. The van der Waals surface area contributed by atoms with Gasteiger partial charge in [-0.1, -0.05) is 71.4 Å². The first-order valence-corrected chi connectivity index (χ1v) is 17.4. The second-order valence-electron chi connectivity index (χ2n) is 13.9. The molecule has 0 bridgehead atoms. The number of nitrogens with zero attached hydrogens (tertiary/aromatic N) is 2. The molecular formula is C36H55N3O7S. The lowest BCUT2D eigenvalue weighted by molar-refractivity contribution is -0.159. The van der Waals surface area contributed by atoms with Crippen LogP contribution in [0.3, 0.4) is 0 Å². The molecule has 0 radical (unpaired) electrons. The van der Waals surface area contributed by atoms with Crippen LogP contribution in [0.5, 0.6) is 0 Å². The van der Waals surface area contributed by atoms with Crippen molar-refractivity contribution in [2.75, 3.05) is 14.2 Å². The van der Waals surface area contributed by atoms with E-state index in [0.717, 1.165) is 12.0 Å². The quantitative estimate of drug-likeness (QED) is 0.196. The van der Waals surface area contributed by atoms with E-state index in [1.54, 1.807) is 45.0 Å². The molecule has 0 spiro atoms. The highest BCUT2D eigenvalue weighted by Gasteiger charge is 2.35. The highest BCUT2D eigenvalue weighted by molar-refractivity contribution is 7.09. The van der Waals surface area contributed by atoms with Crippen molar-refractivity contribution in [3.05, 3.63) is 52.0 Å². The number of aliphatic hydroxyl groups excluding tert-OH is 1. The number of ether oxygens (including phenoxy) is 2. The van der Waals surface area contributed by atoms with Crippen molar-refractivity contribution in [1.29, 1.82) is 0 Å². The molecule has 6 atom stereocenters. The topological polar surface area (TPSA) is 135 Å². The normalized spacial score (nSPS) is 15.6. The number of aromatic nitrogens is 1. The van der Waals surface area contributed by atoms with Gasteiger partial charge in [0, 0.05) is 30.9 Å². The summed E-state index contributed by atoms with van der Waals surface area (Å²) in [6.45, 7) is 15.1. The number of benzene rings is 1. The number of methoxy groups -OCH3 is 1. The average molecular weight is 674 g/mol. The third kappa shape index (κ3) is 12.7. The Bertz CT molecular complexity index is 1310. The van der Waals surface area contributed by atoms with Crippen molar-refractivity contribution in [2.45, 2.75) is 111 Å². The van der Waals surface area contributed by atoms with Crippen molar-refractivity contribution < 1.29 is 33.8 Å². The molecule has 10 nitrogen and oxygen atoms in total. The van der Waals surface area contributed by atoms with E-state index in [0.29, 0.717) is 17.8 Å². The van der Waals surface area contributed by atoms with Crippen LogP contribution >= 0.6 is 11.3 Å². The van der Waals surface area contributed by atoms with Crippen molar-refractivity contribution in [3.8, 4) is 0 Å². The Balaban J connectivity index is 2.18. The maximum atomic E-state index is 13.8. The number of rotatable bonds is 17. The summed E-state index contributed by atoms with van der Waals surface area (Å²) in [5, 5.41) is 16.3. The Labute approximate surface area is 284 Å². The number of carbonyl (C=O) groups is 4. The van der Waals surface area contributed by atoms with Gasteiger partial charge in [0.1, 0.15) is 22.4 Å². The number of nitrogens with one attached hydrogen (secondary N) is 1. The van der Waals surface area contributed by atoms with E-state index >= 15 is 0 Å². The van der Waals surface area contributed by atoms with Gasteiger partial charge < -0.3 is 24.8 Å². The number of amides is 2. The molecule has 0 saturated carbocycles. The van der Waals surface area contributed by atoms with E-state index in [4.69, 9.17) is 9.47 Å². The first-order chi connectivity index (χ1) is 22.0. The van der Waals surface area contributed by atoms with Crippen LogP contribution in [-0.4, -0.2) is 70.6 Å². The van der Waals surface area contributed by atoms with Gasteiger partial charge in [-0.15, -0.1) is 11.3 Å². The molecule has 2 amide bonds. The van der Waals surface area contributed by atoms with Gasteiger partial charge in [0.25, 0.3) is 5.91 Å². The Morgan fingerprint density at radius 3 is 2.23 bits per heavy atom. The molecule has 0 unspecified atom stereocenters. The standard InChI is InChI=1S/C36H55N3O7S/c1-11-23(4)27(19-31(41)46-36(6,7)8)34(43)39(9)29(22(2)3)20-30(40)33-38-28(21-47-33)32(42)37-26(17-24(5)35(44)45-10)18-25-15-13-12-14-16-25/h12-16,21-24,26-27,29-30,40H,11,17-20H2,1-10H3,(H,37,42)/t23-,24-,26+,27-,29+,30+/m0/s1. The first-order valence-electron chi connectivity index (χ1n) is 16.5. The van der Waals surface area contributed by atoms with Crippen LogP contribution in [0.1, 0.15) is 108 Å². The molecule has 0 saturated heterocycles. The van der Waals surface area contributed by atoms with E-state index in [1.165, 1.54) is 18.4 Å². The highest BCUT2D eigenvalue weighted by atomic mass is 32.1. The molecule has 47 heavy (non-hydrogen) atoms. The monoisotopic (exact) mass is 673 g/mol. The van der Waals surface area contributed by atoms with Crippen LogP contribution in [-0.2, 0) is 30.3 Å². The minimum atomic E-state index is -1.02. The molecule has 262 valence electrons. The van der Waals surface area contributed by atoms with Gasteiger partial charge in [-0.2, -0.15) is 0 Å². The Kier molecular flexibility index (Phi) is 15.5. The SMILES string of the molecule is CC[C@H](C)[C@H](CC(=O)OC(C)(C)C)C(=O)N(C)[C@H](C[C@@H](O)c1nc(C(=O)N[C@@H](Cc2ccccc2)C[C@H](C)C(=O)OC)cs1)C(C)C. The fourth-order valence-corrected chi connectivity index (χ4v) is 6.43. The summed E-state index contributed by atoms with van der Waals surface area (Å²) in [4.78, 5) is 58.1. The summed E-state index contributed by atoms with van der Waals surface area (Å²) in [5.41, 5.74) is 0.543. The predicted octanol–water partition coefficient (Wildman–Crippen LogP) is 5.98. The Morgan fingerprint density at radius 2 is 1.68 bits per heavy atom. The maximum Gasteiger partial charge on any atom is 0.308 e. The zero-order chi connectivity index (χ0) is 35.5. The third-order valence-corrected chi connectivity index (χ3v) is 9.42. The van der Waals surface area contributed by atoms with E-state index in [9.17, 15) is 24.3 Å². The number of aliphatic hydroxyl groups is 1. The third-order valence-electron chi connectivity index (χ3n) is 8.48. The summed E-state index contributed by atoms with van der Waals surface area (Å²) < 4.78 is 10.4. The van der Waals surface area contributed by atoms with E-state index in [-0.39, 0.29) is 54.3 Å². The predicted molar refractivity (Wildman–Crippen MR) is 184 cm³/mol. The zero-order valence-electron chi connectivity index (χ0n) is 29.7. The van der Waals surface area contributed by atoms with Gasteiger partial charge in [0.2, 0.25) is 5.91 Å². The number of esters is 2. The lowest BCUT2D eigenvalue weighted by atomic mass is 9.86. The average Bonchev–Trinajstić information content (AvgIpc) is 3.51. The van der Waals surface area contributed by atoms with Gasteiger partial charge in [-0.25, -0.2) is 4.98 Å². The molecule has 1 aromatic carbocycles. The molecule has 2 rings (SSSR count). The fourth-order valence-electron chi connectivity index (χ4n) is 5.63. The molecule has 0 aliphatic carbocycles. The molecule has 0 fully saturated rings. The van der Waals surface area contributed by atoms with E-state index in [1.807, 2.05) is 58.0 Å². The molecule has 0 aliphatic heterocycles. The highest BCUT2D eigenvalue weighted by Crippen LogP contribution is 2.30. The van der Waals surface area contributed by atoms with Crippen LogP contribution in [0.4, 0.5) is 0 Å². The number of hydrogen-bond acceptors (Lipinski definition) is 9. The number of carbonyl (C=O) groups excluding carboxylic acids is 4. The second-order valence-corrected chi connectivity index (χ2v) is 14.8. The van der Waals surface area contributed by atoms with E-state index in [2.05, 4.69) is 10.3 Å².